The second kappa shape index (κ2) is 7.12. The van der Waals surface area contributed by atoms with Gasteiger partial charge in [0.15, 0.2) is 0 Å². The Labute approximate surface area is 123 Å². The summed E-state index contributed by atoms with van der Waals surface area (Å²) in [6, 6.07) is 4.77. The molecule has 0 spiro atoms. The predicted molar refractivity (Wildman–Crippen MR) is 85.1 cm³/mol. The van der Waals surface area contributed by atoms with Crippen molar-refractivity contribution in [2.45, 2.75) is 71.9 Å². The van der Waals surface area contributed by atoms with Crippen LogP contribution in [0, 0.1) is 19.8 Å². The molecular formula is C18H29NO. The molecule has 1 aromatic carbocycles. The van der Waals surface area contributed by atoms with Crippen LogP contribution >= 0.6 is 0 Å². The summed E-state index contributed by atoms with van der Waals surface area (Å²) in [7, 11) is 0. The molecule has 112 valence electrons. The molecule has 2 rings (SSSR count). The lowest BCUT2D eigenvalue weighted by molar-refractivity contribution is 0.336. The van der Waals surface area contributed by atoms with E-state index in [1.54, 1.807) is 0 Å². The molecule has 0 aromatic heterocycles. The number of hydrogen-bond donors (Lipinski definition) is 2. The first-order chi connectivity index (χ1) is 9.58. The predicted octanol–water partition coefficient (Wildman–Crippen LogP) is 4.46. The van der Waals surface area contributed by atoms with Crippen molar-refractivity contribution in [3.63, 3.8) is 0 Å². The van der Waals surface area contributed by atoms with Crippen molar-refractivity contribution >= 4 is 0 Å². The van der Waals surface area contributed by atoms with Gasteiger partial charge in [0.05, 0.1) is 0 Å². The van der Waals surface area contributed by atoms with E-state index in [4.69, 9.17) is 0 Å². The molecule has 0 amide bonds. The Kier molecular flexibility index (Phi) is 5.47. The van der Waals surface area contributed by atoms with Gasteiger partial charge in [0.25, 0.3) is 0 Å². The molecule has 2 N–H and O–H groups in total. The summed E-state index contributed by atoms with van der Waals surface area (Å²) in [6.07, 6.45) is 8.38. The lowest BCUT2D eigenvalue weighted by Gasteiger charge is -2.24. The molecule has 2 nitrogen and oxygen atoms in total. The van der Waals surface area contributed by atoms with Crippen LogP contribution in [0.4, 0.5) is 0 Å². The highest BCUT2D eigenvalue weighted by Gasteiger charge is 2.18. The van der Waals surface area contributed by atoms with Crippen molar-refractivity contribution in [3.05, 3.63) is 28.8 Å². The van der Waals surface area contributed by atoms with Gasteiger partial charge in [-0.2, -0.15) is 0 Å². The van der Waals surface area contributed by atoms with Crippen molar-refractivity contribution in [1.82, 2.24) is 5.32 Å². The van der Waals surface area contributed by atoms with Gasteiger partial charge < -0.3 is 10.4 Å². The van der Waals surface area contributed by atoms with Crippen LogP contribution in [0.1, 0.15) is 62.1 Å². The van der Waals surface area contributed by atoms with Crippen LogP contribution in [0.2, 0.25) is 0 Å². The van der Waals surface area contributed by atoms with Crippen LogP contribution in [0.5, 0.6) is 5.75 Å². The number of aromatic hydroxyl groups is 1. The van der Waals surface area contributed by atoms with Gasteiger partial charge in [-0.25, -0.2) is 0 Å². The molecular weight excluding hydrogens is 246 g/mol. The summed E-state index contributed by atoms with van der Waals surface area (Å²) in [5.41, 5.74) is 3.23. The van der Waals surface area contributed by atoms with Crippen molar-refractivity contribution in [3.8, 4) is 5.75 Å². The largest absolute Gasteiger partial charge is 0.507 e. The molecule has 0 aliphatic heterocycles. The molecule has 0 unspecified atom stereocenters. The second-order valence-electron chi connectivity index (χ2n) is 6.50. The first-order valence-electron chi connectivity index (χ1n) is 8.10. The maximum absolute atomic E-state index is 9.82. The fourth-order valence-electron chi connectivity index (χ4n) is 3.40. The van der Waals surface area contributed by atoms with Gasteiger partial charge >= 0.3 is 0 Å². The second-order valence-corrected chi connectivity index (χ2v) is 6.50. The molecule has 0 heterocycles. The van der Waals surface area contributed by atoms with E-state index in [1.807, 2.05) is 13.8 Å². The Morgan fingerprint density at radius 3 is 2.20 bits per heavy atom. The minimum absolute atomic E-state index is 0.436. The average molecular weight is 275 g/mol. The molecule has 20 heavy (non-hydrogen) atoms. The van der Waals surface area contributed by atoms with Gasteiger partial charge in [-0.05, 0) is 56.2 Å². The lowest BCUT2D eigenvalue weighted by Crippen LogP contribution is -2.33. The fourth-order valence-corrected chi connectivity index (χ4v) is 3.40. The van der Waals surface area contributed by atoms with Gasteiger partial charge in [0.1, 0.15) is 5.75 Å². The van der Waals surface area contributed by atoms with E-state index in [9.17, 15) is 5.11 Å². The summed E-state index contributed by atoms with van der Waals surface area (Å²) in [6.45, 7) is 7.18. The monoisotopic (exact) mass is 275 g/mol. The Morgan fingerprint density at radius 2 is 1.65 bits per heavy atom. The number of aryl methyl sites for hydroxylation is 2. The zero-order valence-corrected chi connectivity index (χ0v) is 13.2. The summed E-state index contributed by atoms with van der Waals surface area (Å²) in [4.78, 5) is 0. The highest BCUT2D eigenvalue weighted by molar-refractivity contribution is 5.42. The van der Waals surface area contributed by atoms with E-state index < -0.39 is 0 Å². The van der Waals surface area contributed by atoms with Crippen molar-refractivity contribution in [1.29, 1.82) is 0 Å². The van der Waals surface area contributed by atoms with E-state index in [0.29, 0.717) is 11.8 Å². The zero-order valence-electron chi connectivity index (χ0n) is 13.2. The van der Waals surface area contributed by atoms with Crippen LogP contribution in [0.3, 0.4) is 0 Å². The minimum atomic E-state index is 0.436. The quantitative estimate of drug-likeness (QED) is 0.795. The molecule has 1 atom stereocenters. The molecule has 2 heteroatoms. The van der Waals surface area contributed by atoms with E-state index in [-0.39, 0.29) is 0 Å². The van der Waals surface area contributed by atoms with Crippen molar-refractivity contribution < 1.29 is 5.11 Å². The topological polar surface area (TPSA) is 32.3 Å². The number of nitrogens with one attached hydrogen (secondary N) is 1. The number of hydrogen-bond acceptors (Lipinski definition) is 2. The van der Waals surface area contributed by atoms with Crippen molar-refractivity contribution in [2.24, 2.45) is 5.92 Å². The highest BCUT2D eigenvalue weighted by atomic mass is 16.3. The van der Waals surface area contributed by atoms with Gasteiger partial charge in [-0.3, -0.25) is 0 Å². The maximum atomic E-state index is 9.82. The molecule has 0 bridgehead atoms. The first kappa shape index (κ1) is 15.4. The highest BCUT2D eigenvalue weighted by Crippen LogP contribution is 2.26. The number of benzene rings is 1. The third-order valence-corrected chi connectivity index (χ3v) is 4.79. The maximum Gasteiger partial charge on any atom is 0.121 e. The SMILES string of the molecule is Cc1cc(CN[C@H](C)C2CCCCCC2)cc(C)c1O. The van der Waals surface area contributed by atoms with Gasteiger partial charge in [-0.15, -0.1) is 0 Å². The molecule has 0 radical (unpaired) electrons. The Hall–Kier alpha value is -1.02. The van der Waals surface area contributed by atoms with E-state index in [0.717, 1.165) is 23.6 Å². The van der Waals surface area contributed by atoms with Crippen LogP contribution < -0.4 is 5.32 Å². The number of phenolic OH excluding ortho intramolecular Hbond substituents is 1. The Bertz CT molecular complexity index is 410. The zero-order chi connectivity index (χ0) is 14.5. The van der Waals surface area contributed by atoms with E-state index in [2.05, 4.69) is 24.4 Å². The summed E-state index contributed by atoms with van der Waals surface area (Å²) < 4.78 is 0. The molecule has 1 aliphatic carbocycles. The summed E-state index contributed by atoms with van der Waals surface area (Å²) >= 11 is 0. The number of phenols is 1. The van der Waals surface area contributed by atoms with Crippen LogP contribution in [-0.2, 0) is 6.54 Å². The Morgan fingerprint density at radius 1 is 1.10 bits per heavy atom. The Balaban J connectivity index is 1.90. The normalized spacial score (nSPS) is 18.8. The summed E-state index contributed by atoms with van der Waals surface area (Å²) in [5.74, 6) is 1.27. The van der Waals surface area contributed by atoms with Crippen molar-refractivity contribution in [2.75, 3.05) is 0 Å². The number of rotatable bonds is 4. The fraction of sp³-hybridized carbons (Fsp3) is 0.667. The van der Waals surface area contributed by atoms with Gasteiger partial charge in [-0.1, -0.05) is 37.8 Å². The third-order valence-electron chi connectivity index (χ3n) is 4.79. The van der Waals surface area contributed by atoms with Gasteiger partial charge in [0.2, 0.25) is 0 Å². The standard InChI is InChI=1S/C18H29NO/c1-13-10-16(11-14(2)18(13)20)12-19-15(3)17-8-6-4-5-7-9-17/h10-11,15,17,19-20H,4-9,12H2,1-3H3/t15-/m1/s1. The molecule has 0 saturated heterocycles. The van der Waals surface area contributed by atoms with E-state index >= 15 is 0 Å². The smallest absolute Gasteiger partial charge is 0.121 e. The average Bonchev–Trinajstić information content (AvgIpc) is 2.71. The molecule has 1 aromatic rings. The first-order valence-corrected chi connectivity index (χ1v) is 8.10. The van der Waals surface area contributed by atoms with Gasteiger partial charge in [0, 0.05) is 12.6 Å². The van der Waals surface area contributed by atoms with Crippen LogP contribution in [0.15, 0.2) is 12.1 Å². The third kappa shape index (κ3) is 3.99. The van der Waals surface area contributed by atoms with Crippen LogP contribution in [0.25, 0.3) is 0 Å². The molecule has 1 fully saturated rings. The van der Waals surface area contributed by atoms with E-state index in [1.165, 1.54) is 44.1 Å². The summed E-state index contributed by atoms with van der Waals surface area (Å²) in [5, 5.41) is 13.5. The molecule has 1 saturated carbocycles. The molecule has 1 aliphatic rings. The van der Waals surface area contributed by atoms with Crippen LogP contribution in [-0.4, -0.2) is 11.1 Å². The minimum Gasteiger partial charge on any atom is -0.507 e. The lowest BCUT2D eigenvalue weighted by atomic mass is 9.93.